The zero-order chi connectivity index (χ0) is 16.9. The summed E-state index contributed by atoms with van der Waals surface area (Å²) in [5.41, 5.74) is 0.0358. The van der Waals surface area contributed by atoms with Crippen LogP contribution in [0.4, 0.5) is 4.79 Å². The van der Waals surface area contributed by atoms with Crippen LogP contribution in [0.2, 0.25) is 0 Å². The van der Waals surface area contributed by atoms with Gasteiger partial charge >= 0.3 is 6.09 Å². The highest BCUT2D eigenvalue weighted by molar-refractivity contribution is 5.68. The Hall–Kier alpha value is -2.29. The average Bonchev–Trinajstić information content (AvgIpc) is 2.48. The van der Waals surface area contributed by atoms with E-state index < -0.39 is 5.60 Å². The minimum absolute atomic E-state index is 0.0899. The molecule has 0 radical (unpaired) electrons. The number of hydrogen-bond acceptors (Lipinski definition) is 5. The van der Waals surface area contributed by atoms with E-state index in [1.54, 1.807) is 12.1 Å². The fourth-order valence-electron chi connectivity index (χ4n) is 2.49. The molecule has 6 nitrogen and oxygen atoms in total. The van der Waals surface area contributed by atoms with Gasteiger partial charge in [-0.05, 0) is 52.5 Å². The summed E-state index contributed by atoms with van der Waals surface area (Å²) in [6, 6.07) is 5.56. The monoisotopic (exact) mass is 317 g/mol. The molecule has 23 heavy (non-hydrogen) atoms. The number of pyridine rings is 1. The summed E-state index contributed by atoms with van der Waals surface area (Å²) in [5.74, 6) is 0.535. The Kier molecular flexibility index (Phi) is 5.43. The van der Waals surface area contributed by atoms with Crippen molar-refractivity contribution >= 4 is 6.09 Å². The first-order valence-electron chi connectivity index (χ1n) is 7.88. The lowest BCUT2D eigenvalue weighted by atomic mass is 9.93. The molecule has 1 aromatic heterocycles. The van der Waals surface area contributed by atoms with Crippen molar-refractivity contribution in [1.82, 2.24) is 10.3 Å². The number of nitrogens with zero attached hydrogens (tertiary/aromatic N) is 2. The van der Waals surface area contributed by atoms with Gasteiger partial charge in [0.1, 0.15) is 17.8 Å². The predicted octanol–water partition coefficient (Wildman–Crippen LogP) is 3.17. The Morgan fingerprint density at radius 1 is 1.30 bits per heavy atom. The topological polar surface area (TPSA) is 84.2 Å². The van der Waals surface area contributed by atoms with Crippen LogP contribution in [0, 0.1) is 11.3 Å². The quantitative estimate of drug-likeness (QED) is 0.925. The van der Waals surface area contributed by atoms with E-state index in [4.69, 9.17) is 14.7 Å². The number of alkyl carbamates (subject to hydrolysis) is 1. The zero-order valence-corrected chi connectivity index (χ0v) is 13.8. The van der Waals surface area contributed by atoms with Crippen LogP contribution in [0.25, 0.3) is 0 Å². The number of ether oxygens (including phenoxy) is 2. The summed E-state index contributed by atoms with van der Waals surface area (Å²) in [5, 5.41) is 11.7. The lowest BCUT2D eigenvalue weighted by molar-refractivity contribution is 0.0469. The third-order valence-corrected chi connectivity index (χ3v) is 3.55. The maximum atomic E-state index is 11.8. The molecule has 2 rings (SSSR count). The molecule has 0 spiro atoms. The largest absolute Gasteiger partial charge is 0.474 e. The van der Waals surface area contributed by atoms with Crippen LogP contribution < -0.4 is 10.1 Å². The molecule has 0 bridgehead atoms. The highest BCUT2D eigenvalue weighted by Crippen LogP contribution is 2.23. The Morgan fingerprint density at radius 2 is 2.00 bits per heavy atom. The van der Waals surface area contributed by atoms with Crippen molar-refractivity contribution in [2.24, 2.45) is 0 Å². The second-order valence-electron chi connectivity index (χ2n) is 6.73. The second-order valence-corrected chi connectivity index (χ2v) is 6.73. The van der Waals surface area contributed by atoms with Crippen molar-refractivity contribution in [3.05, 3.63) is 23.9 Å². The molecule has 1 amide bonds. The van der Waals surface area contributed by atoms with Gasteiger partial charge in [0, 0.05) is 18.3 Å². The number of rotatable bonds is 3. The molecule has 1 aromatic rings. The van der Waals surface area contributed by atoms with E-state index in [9.17, 15) is 4.79 Å². The Labute approximate surface area is 136 Å². The Morgan fingerprint density at radius 3 is 2.52 bits per heavy atom. The molecule has 0 unspecified atom stereocenters. The summed E-state index contributed by atoms with van der Waals surface area (Å²) in [6.07, 6.45) is 4.62. The molecule has 1 heterocycles. The Bertz CT molecular complexity index is 564. The van der Waals surface area contributed by atoms with Crippen LogP contribution in [0.15, 0.2) is 18.3 Å². The van der Waals surface area contributed by atoms with E-state index in [1.165, 1.54) is 6.20 Å². The number of carbonyl (C=O) groups excluding carboxylic acids is 1. The third-order valence-electron chi connectivity index (χ3n) is 3.55. The van der Waals surface area contributed by atoms with Crippen LogP contribution in [0.5, 0.6) is 5.88 Å². The molecule has 6 heteroatoms. The predicted molar refractivity (Wildman–Crippen MR) is 85.0 cm³/mol. The molecular weight excluding hydrogens is 294 g/mol. The van der Waals surface area contributed by atoms with Crippen molar-refractivity contribution in [3.63, 3.8) is 0 Å². The van der Waals surface area contributed by atoms with Gasteiger partial charge in [-0.2, -0.15) is 5.26 Å². The first-order valence-corrected chi connectivity index (χ1v) is 7.88. The first kappa shape index (κ1) is 17.1. The van der Waals surface area contributed by atoms with Crippen LogP contribution >= 0.6 is 0 Å². The van der Waals surface area contributed by atoms with Gasteiger partial charge in [-0.3, -0.25) is 0 Å². The first-order chi connectivity index (χ1) is 10.9. The van der Waals surface area contributed by atoms with Crippen molar-refractivity contribution in [3.8, 4) is 11.9 Å². The van der Waals surface area contributed by atoms with Crippen LogP contribution in [0.3, 0.4) is 0 Å². The molecular formula is C17H23N3O3. The van der Waals surface area contributed by atoms with Crippen molar-refractivity contribution in [2.75, 3.05) is 0 Å². The highest BCUT2D eigenvalue weighted by atomic mass is 16.6. The van der Waals surface area contributed by atoms with Crippen LogP contribution in [0.1, 0.15) is 52.0 Å². The normalized spacial score (nSPS) is 21.1. The lowest BCUT2D eigenvalue weighted by Gasteiger charge is -2.30. The van der Waals surface area contributed by atoms with E-state index in [-0.39, 0.29) is 18.2 Å². The van der Waals surface area contributed by atoms with E-state index >= 15 is 0 Å². The van der Waals surface area contributed by atoms with Gasteiger partial charge in [-0.15, -0.1) is 0 Å². The number of carbonyl (C=O) groups is 1. The molecule has 1 saturated carbocycles. The van der Waals surface area contributed by atoms with E-state index in [0.717, 1.165) is 25.7 Å². The fraction of sp³-hybridized carbons (Fsp3) is 0.588. The average molecular weight is 317 g/mol. The summed E-state index contributed by atoms with van der Waals surface area (Å²) >= 11 is 0. The lowest BCUT2D eigenvalue weighted by Crippen LogP contribution is -2.42. The second kappa shape index (κ2) is 7.32. The number of aromatic nitrogens is 1. The van der Waals surface area contributed by atoms with Gasteiger partial charge in [0.25, 0.3) is 0 Å². The molecule has 1 fully saturated rings. The number of amides is 1. The standard InChI is InChI=1S/C17H23N3O3/c1-17(2,3)23-16(21)20-13-5-7-14(8-6-13)22-15-9-4-12(10-18)11-19-15/h4,9,11,13-14H,5-8H2,1-3H3,(H,20,21). The molecule has 0 saturated heterocycles. The minimum Gasteiger partial charge on any atom is -0.474 e. The van der Waals surface area contributed by atoms with E-state index in [2.05, 4.69) is 10.3 Å². The molecule has 0 atom stereocenters. The zero-order valence-electron chi connectivity index (χ0n) is 13.8. The van der Waals surface area contributed by atoms with Gasteiger partial charge in [-0.1, -0.05) is 0 Å². The van der Waals surface area contributed by atoms with Crippen molar-refractivity contribution < 1.29 is 14.3 Å². The molecule has 1 N–H and O–H groups in total. The molecule has 124 valence electrons. The molecule has 0 aromatic carbocycles. The van der Waals surface area contributed by atoms with E-state index in [1.807, 2.05) is 26.8 Å². The number of hydrogen-bond donors (Lipinski definition) is 1. The molecule has 1 aliphatic rings. The summed E-state index contributed by atoms with van der Waals surface area (Å²) in [4.78, 5) is 15.9. The third kappa shape index (κ3) is 5.78. The maximum absolute atomic E-state index is 11.8. The SMILES string of the molecule is CC(C)(C)OC(=O)NC1CCC(Oc2ccc(C#N)cn2)CC1. The van der Waals surface area contributed by atoms with Crippen LogP contribution in [-0.4, -0.2) is 28.8 Å². The van der Waals surface area contributed by atoms with Gasteiger partial charge in [0.2, 0.25) is 5.88 Å². The highest BCUT2D eigenvalue weighted by Gasteiger charge is 2.25. The fourth-order valence-corrected chi connectivity index (χ4v) is 2.49. The van der Waals surface area contributed by atoms with E-state index in [0.29, 0.717) is 11.4 Å². The smallest absolute Gasteiger partial charge is 0.407 e. The van der Waals surface area contributed by atoms with Crippen molar-refractivity contribution in [2.45, 2.75) is 64.2 Å². The van der Waals surface area contributed by atoms with Crippen molar-refractivity contribution in [1.29, 1.82) is 5.26 Å². The van der Waals surface area contributed by atoms with Gasteiger partial charge < -0.3 is 14.8 Å². The van der Waals surface area contributed by atoms with Gasteiger partial charge in [-0.25, -0.2) is 9.78 Å². The maximum Gasteiger partial charge on any atom is 0.407 e. The van der Waals surface area contributed by atoms with Gasteiger partial charge in [0.15, 0.2) is 0 Å². The summed E-state index contributed by atoms with van der Waals surface area (Å²) < 4.78 is 11.1. The molecule has 0 aliphatic heterocycles. The number of nitrogens with one attached hydrogen (secondary N) is 1. The van der Waals surface area contributed by atoms with Gasteiger partial charge in [0.05, 0.1) is 5.56 Å². The summed E-state index contributed by atoms with van der Waals surface area (Å²) in [7, 11) is 0. The molecule has 1 aliphatic carbocycles. The minimum atomic E-state index is -0.481. The van der Waals surface area contributed by atoms with Crippen LogP contribution in [-0.2, 0) is 4.74 Å². The summed E-state index contributed by atoms with van der Waals surface area (Å²) in [6.45, 7) is 5.55. The Balaban J connectivity index is 1.75. The number of nitriles is 1.